The molecule has 1 atom stereocenters. The minimum Gasteiger partial charge on any atom is -0.314 e. The fourth-order valence-corrected chi connectivity index (χ4v) is 3.98. The summed E-state index contributed by atoms with van der Waals surface area (Å²) in [5, 5.41) is 5.45. The smallest absolute Gasteiger partial charge is 0.123 e. The monoisotopic (exact) mass is 390 g/mol. The Morgan fingerprint density at radius 3 is 2.67 bits per heavy atom. The molecule has 3 rings (SSSR count). The van der Waals surface area contributed by atoms with Crippen molar-refractivity contribution < 1.29 is 4.39 Å². The van der Waals surface area contributed by atoms with E-state index >= 15 is 0 Å². The van der Waals surface area contributed by atoms with Crippen LogP contribution in [0.4, 0.5) is 4.39 Å². The first kappa shape index (κ1) is 16.9. The number of thiophene rings is 1. The Hall–Kier alpha value is -0.460. The first-order valence-corrected chi connectivity index (χ1v) is 8.36. The Bertz CT molecular complexity index is 573. The average molecular weight is 392 g/mol. The van der Waals surface area contributed by atoms with E-state index in [1.54, 1.807) is 23.5 Å². The largest absolute Gasteiger partial charge is 0.314 e. The average Bonchev–Trinajstić information content (AvgIpc) is 2.98. The van der Waals surface area contributed by atoms with Crippen molar-refractivity contribution in [2.24, 2.45) is 0 Å². The van der Waals surface area contributed by atoms with Crippen LogP contribution in [-0.2, 0) is 0 Å². The number of halogens is 3. The lowest BCUT2D eigenvalue weighted by atomic mass is 10.0. The van der Waals surface area contributed by atoms with Crippen molar-refractivity contribution in [1.82, 2.24) is 10.2 Å². The van der Waals surface area contributed by atoms with Crippen LogP contribution in [0, 0.1) is 5.82 Å². The van der Waals surface area contributed by atoms with Gasteiger partial charge in [-0.3, -0.25) is 4.90 Å². The van der Waals surface area contributed by atoms with Crippen LogP contribution in [0.3, 0.4) is 0 Å². The van der Waals surface area contributed by atoms with Crippen LogP contribution in [0.1, 0.15) is 16.5 Å². The first-order valence-electron chi connectivity index (χ1n) is 6.69. The zero-order chi connectivity index (χ0) is 13.9. The van der Waals surface area contributed by atoms with Gasteiger partial charge >= 0.3 is 0 Å². The molecule has 1 aliphatic rings. The summed E-state index contributed by atoms with van der Waals surface area (Å²) in [6.45, 7) is 3.92. The molecule has 0 saturated carbocycles. The van der Waals surface area contributed by atoms with Gasteiger partial charge in [-0.1, -0.05) is 22.0 Å². The Morgan fingerprint density at radius 1 is 1.24 bits per heavy atom. The van der Waals surface area contributed by atoms with E-state index in [0.717, 1.165) is 36.2 Å². The van der Waals surface area contributed by atoms with Crippen LogP contribution in [0.15, 0.2) is 40.2 Å². The van der Waals surface area contributed by atoms with Crippen molar-refractivity contribution in [3.05, 3.63) is 56.4 Å². The maximum absolute atomic E-state index is 13.7. The molecule has 0 bridgehead atoms. The molecule has 2 heterocycles. The van der Waals surface area contributed by atoms with E-state index in [9.17, 15) is 4.39 Å². The number of rotatable bonds is 3. The Kier molecular flexibility index (Phi) is 6.20. The van der Waals surface area contributed by atoms with Gasteiger partial charge in [0.05, 0.1) is 6.04 Å². The number of hydrogen-bond donors (Lipinski definition) is 1. The van der Waals surface area contributed by atoms with E-state index < -0.39 is 0 Å². The fraction of sp³-hybridized carbons (Fsp3) is 0.333. The normalized spacial score (nSPS) is 17.2. The number of nitrogens with one attached hydrogen (secondary N) is 1. The van der Waals surface area contributed by atoms with Crippen molar-refractivity contribution in [2.75, 3.05) is 26.2 Å². The van der Waals surface area contributed by atoms with E-state index in [4.69, 9.17) is 0 Å². The van der Waals surface area contributed by atoms with Gasteiger partial charge < -0.3 is 5.32 Å². The molecule has 1 aromatic carbocycles. The SMILES string of the molecule is Cl.Fc1ccc(Br)c([C@@H](c2cccs2)N2CCNCC2)c1. The molecule has 0 unspecified atom stereocenters. The Labute approximate surface area is 142 Å². The van der Waals surface area contributed by atoms with E-state index in [1.807, 2.05) is 0 Å². The van der Waals surface area contributed by atoms with Crippen molar-refractivity contribution in [1.29, 1.82) is 0 Å². The van der Waals surface area contributed by atoms with E-state index in [0.29, 0.717) is 0 Å². The molecule has 0 radical (unpaired) electrons. The summed E-state index contributed by atoms with van der Waals surface area (Å²) >= 11 is 5.31. The van der Waals surface area contributed by atoms with Crippen molar-refractivity contribution in [3.8, 4) is 0 Å². The molecule has 114 valence electrons. The van der Waals surface area contributed by atoms with Crippen LogP contribution in [0.25, 0.3) is 0 Å². The van der Waals surface area contributed by atoms with Crippen LogP contribution in [0.2, 0.25) is 0 Å². The second-order valence-electron chi connectivity index (χ2n) is 4.87. The molecule has 21 heavy (non-hydrogen) atoms. The fourth-order valence-electron chi connectivity index (χ4n) is 2.64. The van der Waals surface area contributed by atoms with Gasteiger partial charge in [-0.05, 0) is 35.2 Å². The predicted molar refractivity (Wildman–Crippen MR) is 92.0 cm³/mol. The molecule has 1 fully saturated rings. The molecule has 0 spiro atoms. The van der Waals surface area contributed by atoms with Crippen LogP contribution < -0.4 is 5.32 Å². The minimum atomic E-state index is -0.181. The second kappa shape index (κ2) is 7.70. The predicted octanol–water partition coefficient (Wildman–Crippen LogP) is 4.07. The molecule has 1 aromatic heterocycles. The van der Waals surface area contributed by atoms with E-state index in [1.165, 1.54) is 10.9 Å². The van der Waals surface area contributed by atoms with Gasteiger partial charge in [0.25, 0.3) is 0 Å². The van der Waals surface area contributed by atoms with E-state index in [-0.39, 0.29) is 24.3 Å². The maximum Gasteiger partial charge on any atom is 0.123 e. The maximum atomic E-state index is 13.7. The van der Waals surface area contributed by atoms with Crippen LogP contribution >= 0.6 is 39.7 Å². The highest BCUT2D eigenvalue weighted by atomic mass is 79.9. The van der Waals surface area contributed by atoms with Gasteiger partial charge in [0.15, 0.2) is 0 Å². The summed E-state index contributed by atoms with van der Waals surface area (Å²) in [4.78, 5) is 3.68. The Balaban J connectivity index is 0.00000161. The molecule has 6 heteroatoms. The molecule has 1 saturated heterocycles. The highest BCUT2D eigenvalue weighted by Gasteiger charge is 2.26. The quantitative estimate of drug-likeness (QED) is 0.848. The van der Waals surface area contributed by atoms with Crippen molar-refractivity contribution >= 4 is 39.7 Å². The highest BCUT2D eigenvalue weighted by Crippen LogP contribution is 2.36. The molecular formula is C15H17BrClFN2S. The topological polar surface area (TPSA) is 15.3 Å². The molecule has 2 nitrogen and oxygen atoms in total. The van der Waals surface area contributed by atoms with Gasteiger partial charge in [0, 0.05) is 35.5 Å². The summed E-state index contributed by atoms with van der Waals surface area (Å²) in [6, 6.07) is 9.26. The van der Waals surface area contributed by atoms with E-state index in [2.05, 4.69) is 43.7 Å². The summed E-state index contributed by atoms with van der Waals surface area (Å²) in [5.41, 5.74) is 1.01. The number of piperazine rings is 1. The lowest BCUT2D eigenvalue weighted by Gasteiger charge is -2.35. The highest BCUT2D eigenvalue weighted by molar-refractivity contribution is 9.10. The van der Waals surface area contributed by atoms with Crippen LogP contribution in [-0.4, -0.2) is 31.1 Å². The molecule has 2 aromatic rings. The minimum absolute atomic E-state index is 0. The van der Waals surface area contributed by atoms with Gasteiger partial charge in [-0.2, -0.15) is 0 Å². The standard InChI is InChI=1S/C15H16BrFN2S.ClH/c16-13-4-3-11(17)10-12(13)15(14-2-1-9-20-14)19-7-5-18-6-8-19;/h1-4,9-10,15,18H,5-8H2;1H/t15-;/m0./s1. The lowest BCUT2D eigenvalue weighted by Crippen LogP contribution is -2.45. The van der Waals surface area contributed by atoms with Gasteiger partial charge in [-0.15, -0.1) is 23.7 Å². The molecule has 1 aliphatic heterocycles. The summed E-state index contributed by atoms with van der Waals surface area (Å²) < 4.78 is 14.6. The van der Waals surface area contributed by atoms with Gasteiger partial charge in [-0.25, -0.2) is 4.39 Å². The third-order valence-electron chi connectivity index (χ3n) is 3.58. The zero-order valence-corrected chi connectivity index (χ0v) is 14.6. The molecule has 1 N–H and O–H groups in total. The third kappa shape index (κ3) is 3.85. The Morgan fingerprint density at radius 2 is 2.00 bits per heavy atom. The van der Waals surface area contributed by atoms with Gasteiger partial charge in [0.1, 0.15) is 5.82 Å². The third-order valence-corrected chi connectivity index (χ3v) is 5.23. The van der Waals surface area contributed by atoms with Gasteiger partial charge in [0.2, 0.25) is 0 Å². The lowest BCUT2D eigenvalue weighted by molar-refractivity contribution is 0.200. The van der Waals surface area contributed by atoms with Crippen molar-refractivity contribution in [2.45, 2.75) is 6.04 Å². The number of hydrogen-bond acceptors (Lipinski definition) is 3. The van der Waals surface area contributed by atoms with Crippen molar-refractivity contribution in [3.63, 3.8) is 0 Å². The summed E-state index contributed by atoms with van der Waals surface area (Å²) in [7, 11) is 0. The summed E-state index contributed by atoms with van der Waals surface area (Å²) in [5.74, 6) is -0.181. The second-order valence-corrected chi connectivity index (χ2v) is 6.70. The summed E-state index contributed by atoms with van der Waals surface area (Å²) in [6.07, 6.45) is 0. The number of benzene rings is 1. The zero-order valence-electron chi connectivity index (χ0n) is 11.4. The molecule has 0 aliphatic carbocycles. The number of nitrogens with zero attached hydrogens (tertiary/aromatic N) is 1. The molecular weight excluding hydrogens is 375 g/mol. The van der Waals surface area contributed by atoms with Crippen LogP contribution in [0.5, 0.6) is 0 Å². The molecule has 0 amide bonds. The first-order chi connectivity index (χ1) is 9.75.